The van der Waals surface area contributed by atoms with E-state index in [1.54, 1.807) is 11.5 Å². The molecule has 2 aromatic rings. The number of thiophene rings is 1. The molecule has 1 aliphatic heterocycles. The molecule has 0 aromatic carbocycles. The summed E-state index contributed by atoms with van der Waals surface area (Å²) in [5.41, 5.74) is 0.917. The number of aryl methyl sites for hydroxylation is 2. The summed E-state index contributed by atoms with van der Waals surface area (Å²) in [5, 5.41) is 3.55. The number of hydrogen-bond donors (Lipinski definition) is 1. The van der Waals surface area contributed by atoms with Gasteiger partial charge in [0.05, 0.1) is 22.1 Å². The number of nitrogens with one attached hydrogen (secondary N) is 1. The van der Waals surface area contributed by atoms with Gasteiger partial charge in [-0.1, -0.05) is 25.1 Å². The van der Waals surface area contributed by atoms with Crippen LogP contribution in [0.5, 0.6) is 0 Å². The van der Waals surface area contributed by atoms with E-state index < -0.39 is 15.1 Å². The number of carbonyl (C=O) groups is 1. The van der Waals surface area contributed by atoms with Crippen molar-refractivity contribution in [3.05, 3.63) is 20.8 Å². The third kappa shape index (κ3) is 4.86. The van der Waals surface area contributed by atoms with E-state index in [2.05, 4.69) is 12.2 Å². The second kappa shape index (κ2) is 8.77. The Morgan fingerprint density at radius 3 is 2.76 bits per heavy atom. The summed E-state index contributed by atoms with van der Waals surface area (Å²) in [6.45, 7) is 8.31. The predicted octanol–water partition coefficient (Wildman–Crippen LogP) is 2.66. The Balaban J connectivity index is 1.85. The van der Waals surface area contributed by atoms with Gasteiger partial charge in [0.1, 0.15) is 4.83 Å². The van der Waals surface area contributed by atoms with Gasteiger partial charge in [0.25, 0.3) is 5.56 Å². The highest BCUT2D eigenvalue weighted by molar-refractivity contribution is 8.00. The first kappa shape index (κ1) is 22.3. The van der Waals surface area contributed by atoms with Crippen LogP contribution in [0.3, 0.4) is 0 Å². The number of hydrogen-bond acceptors (Lipinski definition) is 7. The zero-order valence-corrected chi connectivity index (χ0v) is 19.6. The molecule has 3 heterocycles. The largest absolute Gasteiger partial charge is 0.351 e. The SMILES string of the molecule is CCCCn1c(SC(C)C(=O)NC2CCS(=O)(=O)C2)nc2sc(C)c(C)c2c1=O. The van der Waals surface area contributed by atoms with Gasteiger partial charge < -0.3 is 5.32 Å². The molecule has 10 heteroatoms. The number of thioether (sulfide) groups is 1. The Kier molecular flexibility index (Phi) is 6.74. The summed E-state index contributed by atoms with van der Waals surface area (Å²) in [6, 6.07) is -0.337. The number of aromatic nitrogens is 2. The molecule has 29 heavy (non-hydrogen) atoms. The minimum absolute atomic E-state index is 0.00467. The molecule has 0 aliphatic carbocycles. The van der Waals surface area contributed by atoms with Crippen LogP contribution in [0.15, 0.2) is 9.95 Å². The molecule has 1 aliphatic rings. The van der Waals surface area contributed by atoms with Crippen molar-refractivity contribution >= 4 is 49.1 Å². The van der Waals surface area contributed by atoms with Gasteiger partial charge in [0, 0.05) is 17.5 Å². The lowest BCUT2D eigenvalue weighted by Gasteiger charge is -2.17. The number of unbranched alkanes of at least 4 members (excludes halogenated alkanes) is 1. The van der Waals surface area contributed by atoms with Gasteiger partial charge in [-0.2, -0.15) is 0 Å². The van der Waals surface area contributed by atoms with Crippen LogP contribution in [0.25, 0.3) is 10.2 Å². The van der Waals surface area contributed by atoms with Gasteiger partial charge in [-0.25, -0.2) is 13.4 Å². The summed E-state index contributed by atoms with van der Waals surface area (Å²) in [5.74, 6) is -0.118. The normalized spacial score (nSPS) is 19.5. The van der Waals surface area contributed by atoms with Crippen LogP contribution in [-0.2, 0) is 21.2 Å². The van der Waals surface area contributed by atoms with Gasteiger partial charge >= 0.3 is 0 Å². The molecular weight excluding hydrogens is 430 g/mol. The lowest BCUT2D eigenvalue weighted by Crippen LogP contribution is -2.40. The van der Waals surface area contributed by atoms with Crippen LogP contribution >= 0.6 is 23.1 Å². The maximum atomic E-state index is 13.1. The zero-order valence-electron chi connectivity index (χ0n) is 17.1. The summed E-state index contributed by atoms with van der Waals surface area (Å²) in [4.78, 5) is 32.2. The van der Waals surface area contributed by atoms with Gasteiger partial charge in [-0.15, -0.1) is 11.3 Å². The average molecular weight is 458 g/mol. The first-order valence-electron chi connectivity index (χ1n) is 9.81. The van der Waals surface area contributed by atoms with Crippen molar-refractivity contribution < 1.29 is 13.2 Å². The lowest BCUT2D eigenvalue weighted by atomic mass is 10.2. The average Bonchev–Trinajstić information content (AvgIpc) is 3.13. The van der Waals surface area contributed by atoms with E-state index >= 15 is 0 Å². The minimum atomic E-state index is -3.05. The predicted molar refractivity (Wildman–Crippen MR) is 119 cm³/mol. The Morgan fingerprint density at radius 2 is 2.14 bits per heavy atom. The topological polar surface area (TPSA) is 98.1 Å². The molecule has 2 aromatic heterocycles. The fraction of sp³-hybridized carbons (Fsp3) is 0.632. The van der Waals surface area contributed by atoms with E-state index in [4.69, 9.17) is 4.98 Å². The third-order valence-electron chi connectivity index (χ3n) is 5.22. The molecule has 1 saturated heterocycles. The Bertz CT molecular complexity index is 1090. The number of sulfone groups is 1. The number of rotatable bonds is 7. The number of nitrogens with zero attached hydrogens (tertiary/aromatic N) is 2. The van der Waals surface area contributed by atoms with Gasteiger partial charge in [0.15, 0.2) is 15.0 Å². The molecule has 7 nitrogen and oxygen atoms in total. The van der Waals surface area contributed by atoms with Gasteiger partial charge in [-0.3, -0.25) is 14.2 Å². The Labute approximate surface area is 179 Å². The van der Waals surface area contributed by atoms with Crippen LogP contribution in [-0.4, -0.2) is 46.7 Å². The first-order chi connectivity index (χ1) is 13.6. The zero-order chi connectivity index (χ0) is 21.3. The molecular formula is C19H27N3O4S3. The summed E-state index contributed by atoms with van der Waals surface area (Å²) < 4.78 is 24.9. The Morgan fingerprint density at radius 1 is 1.41 bits per heavy atom. The van der Waals surface area contributed by atoms with Crippen LogP contribution in [0.1, 0.15) is 43.6 Å². The van der Waals surface area contributed by atoms with Crippen molar-refractivity contribution in [2.24, 2.45) is 0 Å². The number of fused-ring (bicyclic) bond motifs is 1. The highest BCUT2D eigenvalue weighted by Crippen LogP contribution is 2.30. The van der Waals surface area contributed by atoms with Crippen LogP contribution in [0, 0.1) is 13.8 Å². The fourth-order valence-corrected chi connectivity index (χ4v) is 7.04. The van der Waals surface area contributed by atoms with E-state index in [1.807, 2.05) is 13.8 Å². The van der Waals surface area contributed by atoms with Gasteiger partial charge in [-0.05, 0) is 39.2 Å². The van der Waals surface area contributed by atoms with E-state index in [-0.39, 0.29) is 29.0 Å². The second-order valence-corrected chi connectivity index (χ2v) is 12.3. The smallest absolute Gasteiger partial charge is 0.263 e. The molecule has 1 amide bonds. The van der Waals surface area contributed by atoms with Crippen molar-refractivity contribution in [2.75, 3.05) is 11.5 Å². The molecule has 0 bridgehead atoms. The van der Waals surface area contributed by atoms with E-state index in [0.29, 0.717) is 28.3 Å². The quantitative estimate of drug-likeness (QED) is 0.507. The molecule has 160 valence electrons. The van der Waals surface area contributed by atoms with Crippen molar-refractivity contribution in [2.45, 2.75) is 70.0 Å². The summed E-state index contributed by atoms with van der Waals surface area (Å²) in [6.07, 6.45) is 2.25. The fourth-order valence-electron chi connectivity index (χ4n) is 3.35. The first-order valence-corrected chi connectivity index (χ1v) is 13.3. The van der Waals surface area contributed by atoms with Crippen molar-refractivity contribution in [1.29, 1.82) is 0 Å². The third-order valence-corrected chi connectivity index (χ3v) is 9.18. The summed E-state index contributed by atoms with van der Waals surface area (Å²) >= 11 is 2.75. The minimum Gasteiger partial charge on any atom is -0.351 e. The van der Waals surface area contributed by atoms with E-state index in [0.717, 1.165) is 23.3 Å². The molecule has 2 unspecified atom stereocenters. The van der Waals surface area contributed by atoms with E-state index in [9.17, 15) is 18.0 Å². The maximum Gasteiger partial charge on any atom is 0.263 e. The molecule has 2 atom stereocenters. The highest BCUT2D eigenvalue weighted by atomic mass is 32.2. The maximum absolute atomic E-state index is 13.1. The Hall–Kier alpha value is -1.39. The van der Waals surface area contributed by atoms with Crippen LogP contribution in [0.2, 0.25) is 0 Å². The van der Waals surface area contributed by atoms with Crippen LogP contribution in [0.4, 0.5) is 0 Å². The molecule has 0 saturated carbocycles. The molecule has 1 N–H and O–H groups in total. The molecule has 3 rings (SSSR count). The van der Waals surface area contributed by atoms with Crippen molar-refractivity contribution in [3.8, 4) is 0 Å². The van der Waals surface area contributed by atoms with E-state index in [1.165, 1.54) is 23.1 Å². The molecule has 1 fully saturated rings. The monoisotopic (exact) mass is 457 g/mol. The molecule has 0 radical (unpaired) electrons. The van der Waals surface area contributed by atoms with Gasteiger partial charge in [0.2, 0.25) is 5.91 Å². The standard InChI is InChI=1S/C19H27N3O4S3/c1-5-6-8-22-18(24)15-11(2)12(3)27-17(15)21-19(22)28-13(4)16(23)20-14-7-9-29(25,26)10-14/h13-14H,5-10H2,1-4H3,(H,20,23). The lowest BCUT2D eigenvalue weighted by molar-refractivity contribution is -0.120. The number of amides is 1. The summed E-state index contributed by atoms with van der Waals surface area (Å²) in [7, 11) is -3.05. The highest BCUT2D eigenvalue weighted by Gasteiger charge is 2.30. The van der Waals surface area contributed by atoms with Crippen LogP contribution < -0.4 is 10.9 Å². The molecule has 0 spiro atoms. The van der Waals surface area contributed by atoms with Crippen molar-refractivity contribution in [3.63, 3.8) is 0 Å². The number of carbonyl (C=O) groups excluding carboxylic acids is 1. The second-order valence-electron chi connectivity index (χ2n) is 7.54. The van der Waals surface area contributed by atoms with Crippen molar-refractivity contribution in [1.82, 2.24) is 14.9 Å².